The first-order valence-electron chi connectivity index (χ1n) is 5.86. The van der Waals surface area contributed by atoms with Crippen LogP contribution in [0.3, 0.4) is 0 Å². The van der Waals surface area contributed by atoms with Crippen molar-refractivity contribution in [3.8, 4) is 0 Å². The molecule has 0 aliphatic carbocycles. The van der Waals surface area contributed by atoms with Crippen molar-refractivity contribution in [2.24, 2.45) is 0 Å². The van der Waals surface area contributed by atoms with Gasteiger partial charge >= 0.3 is 0 Å². The highest BCUT2D eigenvalue weighted by Crippen LogP contribution is 2.14. The van der Waals surface area contributed by atoms with Crippen molar-refractivity contribution in [2.45, 2.75) is 39.7 Å². The van der Waals surface area contributed by atoms with Crippen molar-refractivity contribution in [1.29, 1.82) is 0 Å². The lowest BCUT2D eigenvalue weighted by atomic mass is 10.0. The van der Waals surface area contributed by atoms with Crippen LogP contribution in [0.15, 0.2) is 18.2 Å². The first kappa shape index (κ1) is 12.3. The SMILES string of the molecule is CCCCc1ccc(C)c(CN(C)C)c1. The van der Waals surface area contributed by atoms with E-state index in [1.165, 1.54) is 36.0 Å². The maximum atomic E-state index is 2.37. The molecule has 0 N–H and O–H groups in total. The Morgan fingerprint density at radius 3 is 2.53 bits per heavy atom. The van der Waals surface area contributed by atoms with Crippen molar-refractivity contribution < 1.29 is 0 Å². The molecule has 0 atom stereocenters. The first-order chi connectivity index (χ1) is 7.13. The molecule has 0 heterocycles. The topological polar surface area (TPSA) is 3.24 Å². The van der Waals surface area contributed by atoms with E-state index in [-0.39, 0.29) is 0 Å². The number of hydrogen-bond acceptors (Lipinski definition) is 1. The smallest absolute Gasteiger partial charge is 0.0230 e. The van der Waals surface area contributed by atoms with Crippen molar-refractivity contribution in [1.82, 2.24) is 4.90 Å². The fraction of sp³-hybridized carbons (Fsp3) is 0.571. The van der Waals surface area contributed by atoms with Gasteiger partial charge in [-0.05, 0) is 50.6 Å². The van der Waals surface area contributed by atoms with Gasteiger partial charge in [-0.25, -0.2) is 0 Å². The summed E-state index contributed by atoms with van der Waals surface area (Å²) in [7, 11) is 4.25. The molecule has 0 unspecified atom stereocenters. The number of aryl methyl sites for hydroxylation is 2. The highest BCUT2D eigenvalue weighted by atomic mass is 15.0. The van der Waals surface area contributed by atoms with Crippen molar-refractivity contribution in [3.63, 3.8) is 0 Å². The van der Waals surface area contributed by atoms with Crippen LogP contribution >= 0.6 is 0 Å². The summed E-state index contributed by atoms with van der Waals surface area (Å²) in [5.74, 6) is 0. The predicted molar refractivity (Wildman–Crippen MR) is 67.2 cm³/mol. The van der Waals surface area contributed by atoms with Crippen LogP contribution in [0.2, 0.25) is 0 Å². The number of hydrogen-bond donors (Lipinski definition) is 0. The minimum atomic E-state index is 1.05. The molecule has 0 radical (unpaired) electrons. The summed E-state index contributed by atoms with van der Waals surface area (Å²) in [6.07, 6.45) is 3.79. The molecule has 1 nitrogen and oxygen atoms in total. The van der Waals surface area contributed by atoms with Crippen LogP contribution in [0.1, 0.15) is 36.5 Å². The van der Waals surface area contributed by atoms with E-state index in [0.717, 1.165) is 6.54 Å². The van der Waals surface area contributed by atoms with E-state index in [1.807, 2.05) is 0 Å². The molecule has 1 heteroatoms. The second-order valence-corrected chi connectivity index (χ2v) is 4.60. The Morgan fingerprint density at radius 1 is 1.20 bits per heavy atom. The van der Waals surface area contributed by atoms with Gasteiger partial charge in [-0.2, -0.15) is 0 Å². The lowest BCUT2D eigenvalue weighted by molar-refractivity contribution is 0.401. The minimum absolute atomic E-state index is 1.05. The molecule has 0 aliphatic heterocycles. The second-order valence-electron chi connectivity index (χ2n) is 4.60. The average Bonchev–Trinajstić information content (AvgIpc) is 2.18. The Kier molecular flexibility index (Phi) is 4.83. The molecule has 15 heavy (non-hydrogen) atoms. The second kappa shape index (κ2) is 5.92. The van der Waals surface area contributed by atoms with Gasteiger partial charge in [0.05, 0.1) is 0 Å². The number of rotatable bonds is 5. The van der Waals surface area contributed by atoms with E-state index in [2.05, 4.69) is 51.0 Å². The lowest BCUT2D eigenvalue weighted by Gasteiger charge is -2.13. The Labute approximate surface area is 94.1 Å². The van der Waals surface area contributed by atoms with E-state index in [9.17, 15) is 0 Å². The molecule has 0 bridgehead atoms. The fourth-order valence-electron chi connectivity index (χ4n) is 1.77. The van der Waals surface area contributed by atoms with Crippen LogP contribution in [0.4, 0.5) is 0 Å². The van der Waals surface area contributed by atoms with E-state index in [1.54, 1.807) is 0 Å². The summed E-state index contributed by atoms with van der Waals surface area (Å²) in [6.45, 7) is 5.49. The molecule has 0 saturated carbocycles. The summed E-state index contributed by atoms with van der Waals surface area (Å²) in [6, 6.07) is 6.89. The molecule has 0 aromatic heterocycles. The highest BCUT2D eigenvalue weighted by molar-refractivity contribution is 5.31. The molecule has 1 rings (SSSR count). The van der Waals surface area contributed by atoms with Gasteiger partial charge in [0, 0.05) is 6.54 Å². The lowest BCUT2D eigenvalue weighted by Crippen LogP contribution is -2.11. The third-order valence-electron chi connectivity index (χ3n) is 2.72. The van der Waals surface area contributed by atoms with Gasteiger partial charge in [-0.3, -0.25) is 0 Å². The van der Waals surface area contributed by atoms with E-state index >= 15 is 0 Å². The molecule has 1 aromatic rings. The van der Waals surface area contributed by atoms with Crippen molar-refractivity contribution in [3.05, 3.63) is 34.9 Å². The number of unbranched alkanes of at least 4 members (excludes halogenated alkanes) is 1. The summed E-state index contributed by atoms with van der Waals surface area (Å²) in [5.41, 5.74) is 4.36. The standard InChI is InChI=1S/C14H23N/c1-5-6-7-13-9-8-12(2)14(10-13)11-15(3)4/h8-10H,5-7,11H2,1-4H3. The molecule has 0 spiro atoms. The summed E-state index contributed by atoms with van der Waals surface area (Å²) in [5, 5.41) is 0. The highest BCUT2D eigenvalue weighted by Gasteiger charge is 2.01. The van der Waals surface area contributed by atoms with Gasteiger partial charge in [0.1, 0.15) is 0 Å². The van der Waals surface area contributed by atoms with E-state index < -0.39 is 0 Å². The Balaban J connectivity index is 2.75. The van der Waals surface area contributed by atoms with Gasteiger partial charge in [0.15, 0.2) is 0 Å². The minimum Gasteiger partial charge on any atom is -0.305 e. The number of benzene rings is 1. The quantitative estimate of drug-likeness (QED) is 0.712. The molecule has 1 aromatic carbocycles. The Bertz CT molecular complexity index is 302. The van der Waals surface area contributed by atoms with Crippen LogP contribution in [0.25, 0.3) is 0 Å². The average molecular weight is 205 g/mol. The summed E-state index contributed by atoms with van der Waals surface area (Å²) in [4.78, 5) is 2.23. The van der Waals surface area contributed by atoms with Crippen LogP contribution in [0.5, 0.6) is 0 Å². The molecule has 84 valence electrons. The van der Waals surface area contributed by atoms with Crippen molar-refractivity contribution in [2.75, 3.05) is 14.1 Å². The fourth-order valence-corrected chi connectivity index (χ4v) is 1.77. The predicted octanol–water partition coefficient (Wildman–Crippen LogP) is 3.40. The van der Waals surface area contributed by atoms with Gasteiger partial charge in [0.2, 0.25) is 0 Å². The Hall–Kier alpha value is -0.820. The number of nitrogens with zero attached hydrogens (tertiary/aromatic N) is 1. The molecule has 0 aliphatic rings. The summed E-state index contributed by atoms with van der Waals surface area (Å²) >= 11 is 0. The molecular formula is C14H23N. The Morgan fingerprint density at radius 2 is 1.93 bits per heavy atom. The molecule has 0 saturated heterocycles. The third kappa shape index (κ3) is 4.05. The maximum absolute atomic E-state index is 2.37. The normalized spacial score (nSPS) is 11.0. The van der Waals surface area contributed by atoms with Crippen LogP contribution in [-0.4, -0.2) is 19.0 Å². The zero-order valence-corrected chi connectivity index (χ0v) is 10.5. The monoisotopic (exact) mass is 205 g/mol. The third-order valence-corrected chi connectivity index (χ3v) is 2.72. The summed E-state index contributed by atoms with van der Waals surface area (Å²) < 4.78 is 0. The zero-order chi connectivity index (χ0) is 11.3. The largest absolute Gasteiger partial charge is 0.305 e. The zero-order valence-electron chi connectivity index (χ0n) is 10.5. The van der Waals surface area contributed by atoms with Crippen LogP contribution < -0.4 is 0 Å². The first-order valence-corrected chi connectivity index (χ1v) is 5.86. The van der Waals surface area contributed by atoms with Crippen LogP contribution in [-0.2, 0) is 13.0 Å². The van der Waals surface area contributed by atoms with Gasteiger partial charge < -0.3 is 4.90 Å². The van der Waals surface area contributed by atoms with Gasteiger partial charge in [-0.15, -0.1) is 0 Å². The molecule has 0 fully saturated rings. The molecular weight excluding hydrogens is 182 g/mol. The van der Waals surface area contributed by atoms with Crippen LogP contribution in [0, 0.1) is 6.92 Å². The van der Waals surface area contributed by atoms with E-state index in [0.29, 0.717) is 0 Å². The maximum Gasteiger partial charge on any atom is 0.0230 e. The van der Waals surface area contributed by atoms with Gasteiger partial charge in [-0.1, -0.05) is 31.5 Å². The molecule has 0 amide bonds. The van der Waals surface area contributed by atoms with E-state index in [4.69, 9.17) is 0 Å². The van der Waals surface area contributed by atoms with Crippen molar-refractivity contribution >= 4 is 0 Å². The van der Waals surface area contributed by atoms with Gasteiger partial charge in [0.25, 0.3) is 0 Å².